The fourth-order valence-corrected chi connectivity index (χ4v) is 3.97. The van der Waals surface area contributed by atoms with Crippen LogP contribution in [0.3, 0.4) is 0 Å². The minimum absolute atomic E-state index is 0.0192. The number of thiophene rings is 1. The molecule has 3 rings (SSSR count). The van der Waals surface area contributed by atoms with Gasteiger partial charge in [0.25, 0.3) is 15.9 Å². The van der Waals surface area contributed by atoms with Gasteiger partial charge in [0.05, 0.1) is 22.4 Å². The van der Waals surface area contributed by atoms with E-state index in [1.54, 1.807) is 36.4 Å². The van der Waals surface area contributed by atoms with Crippen LogP contribution in [0.1, 0.15) is 20.0 Å². The number of carbonyl (C=O) groups excluding carboxylic acids is 2. The van der Waals surface area contributed by atoms with Crippen molar-refractivity contribution in [2.45, 2.75) is 4.90 Å². The van der Waals surface area contributed by atoms with Crippen molar-refractivity contribution in [3.05, 3.63) is 76.5 Å². The summed E-state index contributed by atoms with van der Waals surface area (Å²) in [5.41, 5.74) is 0.745. The molecule has 1 heterocycles. The summed E-state index contributed by atoms with van der Waals surface area (Å²) in [6.45, 7) is 0. The standard InChI is InChI=1S/C20H18N2O6S2/c1-22(27-2)30(25,26)17-11-5-14(6-12-17)20(24)28-16-9-7-15(8-10-16)21-19(23)18-4-3-13-29-18/h3-13H,1-2H3,(H,21,23). The summed E-state index contributed by atoms with van der Waals surface area (Å²) in [6, 6.07) is 15.1. The number of ether oxygens (including phenoxy) is 1. The van der Waals surface area contributed by atoms with E-state index in [1.165, 1.54) is 49.8 Å². The fraction of sp³-hybridized carbons (Fsp3) is 0.100. The number of esters is 1. The van der Waals surface area contributed by atoms with E-state index in [0.29, 0.717) is 10.6 Å². The molecule has 0 fully saturated rings. The first kappa shape index (κ1) is 21.7. The van der Waals surface area contributed by atoms with E-state index in [-0.39, 0.29) is 22.1 Å². The lowest BCUT2D eigenvalue weighted by Gasteiger charge is -2.14. The fourth-order valence-electron chi connectivity index (χ4n) is 2.38. The first-order valence-electron chi connectivity index (χ1n) is 8.61. The summed E-state index contributed by atoms with van der Waals surface area (Å²) in [4.78, 5) is 29.6. The van der Waals surface area contributed by atoms with Crippen molar-refractivity contribution in [2.24, 2.45) is 0 Å². The number of hydrogen-bond acceptors (Lipinski definition) is 7. The molecule has 2 aromatic carbocycles. The Morgan fingerprint density at radius 2 is 1.67 bits per heavy atom. The minimum atomic E-state index is -3.80. The van der Waals surface area contributed by atoms with Crippen molar-refractivity contribution < 1.29 is 27.6 Å². The number of sulfonamides is 1. The van der Waals surface area contributed by atoms with Crippen LogP contribution in [0.4, 0.5) is 5.69 Å². The van der Waals surface area contributed by atoms with Crippen molar-refractivity contribution in [3.8, 4) is 5.75 Å². The van der Waals surface area contributed by atoms with Crippen LogP contribution in [-0.2, 0) is 14.9 Å². The maximum atomic E-state index is 12.3. The van der Waals surface area contributed by atoms with Crippen LogP contribution in [0.5, 0.6) is 5.75 Å². The molecule has 0 aliphatic carbocycles. The molecule has 3 aromatic rings. The molecule has 30 heavy (non-hydrogen) atoms. The van der Waals surface area contributed by atoms with Crippen LogP contribution in [0, 0.1) is 0 Å². The zero-order valence-corrected chi connectivity index (χ0v) is 17.7. The second-order valence-electron chi connectivity index (χ2n) is 5.97. The SMILES string of the molecule is CON(C)S(=O)(=O)c1ccc(C(=O)Oc2ccc(NC(=O)c3cccs3)cc2)cc1. The third-order valence-corrected chi connectivity index (χ3v) is 6.61. The van der Waals surface area contributed by atoms with Crippen molar-refractivity contribution in [1.82, 2.24) is 4.47 Å². The van der Waals surface area contributed by atoms with E-state index in [4.69, 9.17) is 9.57 Å². The Morgan fingerprint density at radius 1 is 1.00 bits per heavy atom. The van der Waals surface area contributed by atoms with Gasteiger partial charge in [0.15, 0.2) is 0 Å². The summed E-state index contributed by atoms with van der Waals surface area (Å²) >= 11 is 1.34. The predicted octanol–water partition coefficient (Wildman–Crippen LogP) is 3.40. The van der Waals surface area contributed by atoms with Crippen LogP contribution in [0.25, 0.3) is 0 Å². The first-order chi connectivity index (χ1) is 14.3. The zero-order valence-electron chi connectivity index (χ0n) is 16.1. The molecule has 0 saturated carbocycles. The molecule has 0 radical (unpaired) electrons. The largest absolute Gasteiger partial charge is 0.423 e. The van der Waals surface area contributed by atoms with Crippen LogP contribution >= 0.6 is 11.3 Å². The lowest BCUT2D eigenvalue weighted by atomic mass is 10.2. The molecule has 1 N–H and O–H groups in total. The Hall–Kier alpha value is -3.05. The van der Waals surface area contributed by atoms with Gasteiger partial charge in [-0.1, -0.05) is 10.5 Å². The molecule has 0 unspecified atom stereocenters. The highest BCUT2D eigenvalue weighted by molar-refractivity contribution is 7.89. The molecule has 0 bridgehead atoms. The van der Waals surface area contributed by atoms with E-state index < -0.39 is 16.0 Å². The Kier molecular flexibility index (Phi) is 6.63. The molecule has 0 aliphatic heterocycles. The van der Waals surface area contributed by atoms with Crippen LogP contribution in [0.2, 0.25) is 0 Å². The number of hydroxylamine groups is 1. The van der Waals surface area contributed by atoms with Gasteiger partial charge in [0, 0.05) is 12.7 Å². The number of benzene rings is 2. The molecule has 1 aromatic heterocycles. The second kappa shape index (κ2) is 9.18. The van der Waals surface area contributed by atoms with Gasteiger partial charge >= 0.3 is 5.97 Å². The lowest BCUT2D eigenvalue weighted by Crippen LogP contribution is -2.25. The van der Waals surface area contributed by atoms with Gasteiger partial charge in [-0.2, -0.15) is 0 Å². The number of amides is 1. The first-order valence-corrected chi connectivity index (χ1v) is 10.9. The van der Waals surface area contributed by atoms with Crippen LogP contribution in [-0.4, -0.2) is 38.9 Å². The molecule has 0 aliphatic rings. The zero-order chi connectivity index (χ0) is 21.7. The molecule has 0 atom stereocenters. The van der Waals surface area contributed by atoms with Crippen LogP contribution < -0.4 is 10.1 Å². The predicted molar refractivity (Wildman–Crippen MR) is 112 cm³/mol. The lowest BCUT2D eigenvalue weighted by molar-refractivity contribution is -0.0258. The number of carbonyl (C=O) groups is 2. The Morgan fingerprint density at radius 3 is 2.23 bits per heavy atom. The molecule has 0 spiro atoms. The van der Waals surface area contributed by atoms with E-state index in [1.807, 2.05) is 5.38 Å². The van der Waals surface area contributed by atoms with Crippen molar-refractivity contribution >= 4 is 38.9 Å². The molecule has 10 heteroatoms. The van der Waals surface area contributed by atoms with Gasteiger partial charge in [0.2, 0.25) is 0 Å². The minimum Gasteiger partial charge on any atom is -0.423 e. The quantitative estimate of drug-likeness (QED) is 0.339. The van der Waals surface area contributed by atoms with Gasteiger partial charge in [-0.05, 0) is 60.0 Å². The molecular formula is C20H18N2O6S2. The number of rotatable bonds is 7. The van der Waals surface area contributed by atoms with E-state index in [9.17, 15) is 18.0 Å². The molecule has 8 nitrogen and oxygen atoms in total. The second-order valence-corrected chi connectivity index (χ2v) is 8.85. The summed E-state index contributed by atoms with van der Waals surface area (Å²) in [5.74, 6) is -0.580. The summed E-state index contributed by atoms with van der Waals surface area (Å²) < 4.78 is 30.4. The highest BCUT2D eigenvalue weighted by Gasteiger charge is 2.21. The third-order valence-electron chi connectivity index (χ3n) is 4.05. The smallest absolute Gasteiger partial charge is 0.343 e. The highest BCUT2D eigenvalue weighted by atomic mass is 32.2. The van der Waals surface area contributed by atoms with Crippen molar-refractivity contribution in [3.63, 3.8) is 0 Å². The maximum absolute atomic E-state index is 12.3. The monoisotopic (exact) mass is 446 g/mol. The summed E-state index contributed by atoms with van der Waals surface area (Å²) in [5, 5.41) is 4.57. The van der Waals surface area contributed by atoms with Crippen molar-refractivity contribution in [1.29, 1.82) is 0 Å². The Bertz CT molecular complexity index is 1130. The topological polar surface area (TPSA) is 102 Å². The highest BCUT2D eigenvalue weighted by Crippen LogP contribution is 2.20. The van der Waals surface area contributed by atoms with E-state index in [0.717, 1.165) is 4.47 Å². The van der Waals surface area contributed by atoms with Crippen LogP contribution in [0.15, 0.2) is 70.9 Å². The van der Waals surface area contributed by atoms with Gasteiger partial charge in [-0.3, -0.25) is 9.63 Å². The Labute approximate surface area is 177 Å². The molecule has 156 valence electrons. The molecular weight excluding hydrogens is 428 g/mol. The number of nitrogens with one attached hydrogen (secondary N) is 1. The van der Waals surface area contributed by atoms with Gasteiger partial charge in [0.1, 0.15) is 5.75 Å². The average Bonchev–Trinajstić information content (AvgIpc) is 3.29. The number of anilines is 1. The molecule has 1 amide bonds. The number of nitrogens with zero attached hydrogens (tertiary/aromatic N) is 1. The average molecular weight is 447 g/mol. The Balaban J connectivity index is 1.64. The van der Waals surface area contributed by atoms with Gasteiger partial charge in [-0.15, -0.1) is 11.3 Å². The van der Waals surface area contributed by atoms with Gasteiger partial charge in [-0.25, -0.2) is 13.2 Å². The molecule has 0 saturated heterocycles. The normalized spacial score (nSPS) is 11.3. The summed E-state index contributed by atoms with van der Waals surface area (Å²) in [7, 11) is -1.29. The van der Waals surface area contributed by atoms with E-state index in [2.05, 4.69) is 5.32 Å². The van der Waals surface area contributed by atoms with E-state index >= 15 is 0 Å². The maximum Gasteiger partial charge on any atom is 0.343 e. The van der Waals surface area contributed by atoms with Crippen molar-refractivity contribution in [2.75, 3.05) is 19.5 Å². The number of hydrogen-bond donors (Lipinski definition) is 1. The van der Waals surface area contributed by atoms with Gasteiger partial charge < -0.3 is 10.1 Å². The summed E-state index contributed by atoms with van der Waals surface area (Å²) in [6.07, 6.45) is 0. The third kappa shape index (κ3) is 4.92.